The van der Waals surface area contributed by atoms with Gasteiger partial charge in [0.1, 0.15) is 11.9 Å². The summed E-state index contributed by atoms with van der Waals surface area (Å²) in [7, 11) is 1.53. The molecule has 4 nitrogen and oxygen atoms in total. The summed E-state index contributed by atoms with van der Waals surface area (Å²) in [6.07, 6.45) is -0.294. The van der Waals surface area contributed by atoms with Crippen LogP contribution < -0.4 is 5.48 Å². The van der Waals surface area contributed by atoms with Crippen molar-refractivity contribution in [2.75, 3.05) is 13.7 Å². The van der Waals surface area contributed by atoms with Crippen molar-refractivity contribution < 1.29 is 18.8 Å². The maximum atomic E-state index is 13.4. The van der Waals surface area contributed by atoms with Crippen LogP contribution in [0.2, 0.25) is 0 Å². The van der Waals surface area contributed by atoms with E-state index in [4.69, 9.17) is 9.57 Å². The molecule has 1 aromatic rings. The topological polar surface area (TPSA) is 47.6 Å². The second kappa shape index (κ2) is 6.32. The first-order valence-corrected chi connectivity index (χ1v) is 5.25. The highest BCUT2D eigenvalue weighted by Gasteiger charge is 2.12. The molecule has 5 heteroatoms. The molecule has 94 valence electrons. The van der Waals surface area contributed by atoms with Gasteiger partial charge < -0.3 is 4.74 Å². The van der Waals surface area contributed by atoms with Crippen molar-refractivity contribution in [3.8, 4) is 0 Å². The van der Waals surface area contributed by atoms with Gasteiger partial charge >= 0.3 is 0 Å². The van der Waals surface area contributed by atoms with Gasteiger partial charge in [0.2, 0.25) is 0 Å². The van der Waals surface area contributed by atoms with Gasteiger partial charge in [-0.05, 0) is 31.5 Å². The predicted molar refractivity (Wildman–Crippen MR) is 61.0 cm³/mol. The van der Waals surface area contributed by atoms with Crippen LogP contribution in [0.5, 0.6) is 0 Å². The molecule has 1 rings (SSSR count). The third-order valence-corrected chi connectivity index (χ3v) is 2.12. The highest BCUT2D eigenvalue weighted by molar-refractivity contribution is 5.93. The number of nitrogens with one attached hydrogen (secondary N) is 1. The van der Waals surface area contributed by atoms with E-state index in [0.29, 0.717) is 6.61 Å². The first kappa shape index (κ1) is 13.6. The van der Waals surface area contributed by atoms with Crippen LogP contribution in [-0.4, -0.2) is 25.7 Å². The first-order valence-electron chi connectivity index (χ1n) is 5.25. The number of carbonyl (C=O) groups excluding carboxylic acids is 1. The van der Waals surface area contributed by atoms with Gasteiger partial charge in [0.25, 0.3) is 5.91 Å². The van der Waals surface area contributed by atoms with E-state index in [1.165, 1.54) is 19.2 Å². The van der Waals surface area contributed by atoms with Crippen LogP contribution in [0.15, 0.2) is 18.2 Å². The zero-order valence-corrected chi connectivity index (χ0v) is 10.1. The quantitative estimate of drug-likeness (QED) is 0.800. The highest BCUT2D eigenvalue weighted by Crippen LogP contribution is 2.09. The minimum absolute atomic E-state index is 0.0415. The number of hydroxylamine groups is 1. The van der Waals surface area contributed by atoms with Crippen molar-refractivity contribution in [1.29, 1.82) is 0 Å². The fourth-order valence-corrected chi connectivity index (χ4v) is 1.28. The SMILES string of the molecule is COCC(C)ONC(=O)c1ccc(C)cc1F. The first-order chi connectivity index (χ1) is 8.04. The van der Waals surface area contributed by atoms with Crippen LogP contribution in [0.3, 0.4) is 0 Å². The Balaban J connectivity index is 2.58. The molecule has 0 aliphatic rings. The number of hydrogen-bond donors (Lipinski definition) is 1. The molecule has 1 unspecified atom stereocenters. The van der Waals surface area contributed by atoms with Gasteiger partial charge in [-0.2, -0.15) is 0 Å². The molecular weight excluding hydrogens is 225 g/mol. The van der Waals surface area contributed by atoms with E-state index >= 15 is 0 Å². The molecule has 1 atom stereocenters. The molecule has 0 aromatic heterocycles. The molecular formula is C12H16FNO3. The number of carbonyl (C=O) groups is 1. The standard InChI is InChI=1S/C12H16FNO3/c1-8-4-5-10(11(13)6-8)12(15)14-17-9(2)7-16-3/h4-6,9H,7H2,1-3H3,(H,14,15). The summed E-state index contributed by atoms with van der Waals surface area (Å²) < 4.78 is 18.3. The number of hydrogen-bond acceptors (Lipinski definition) is 3. The molecule has 0 spiro atoms. The van der Waals surface area contributed by atoms with Crippen molar-refractivity contribution in [3.63, 3.8) is 0 Å². The van der Waals surface area contributed by atoms with E-state index in [1.807, 2.05) is 0 Å². The average molecular weight is 241 g/mol. The van der Waals surface area contributed by atoms with Crippen LogP contribution in [-0.2, 0) is 9.57 Å². The summed E-state index contributed by atoms with van der Waals surface area (Å²) in [5.74, 6) is -1.17. The molecule has 0 heterocycles. The van der Waals surface area contributed by atoms with Gasteiger partial charge in [-0.15, -0.1) is 0 Å². The Labute approximate surface area is 99.7 Å². The second-order valence-corrected chi connectivity index (χ2v) is 3.80. The van der Waals surface area contributed by atoms with Crippen LogP contribution in [0.4, 0.5) is 4.39 Å². The third-order valence-electron chi connectivity index (χ3n) is 2.12. The Hall–Kier alpha value is -1.46. The lowest BCUT2D eigenvalue weighted by Gasteiger charge is -2.12. The largest absolute Gasteiger partial charge is 0.382 e. The third kappa shape index (κ3) is 4.13. The number of rotatable bonds is 5. The smallest absolute Gasteiger partial charge is 0.277 e. The Morgan fingerprint density at radius 1 is 1.53 bits per heavy atom. The summed E-state index contributed by atoms with van der Waals surface area (Å²) in [4.78, 5) is 16.6. The summed E-state index contributed by atoms with van der Waals surface area (Å²) in [6, 6.07) is 4.38. The Bertz CT molecular complexity index is 395. The maximum absolute atomic E-state index is 13.4. The number of amides is 1. The van der Waals surface area contributed by atoms with Gasteiger partial charge in [-0.1, -0.05) is 6.07 Å². The summed E-state index contributed by atoms with van der Waals surface area (Å²) in [6.45, 7) is 3.83. The number of aryl methyl sites for hydroxylation is 1. The van der Waals surface area contributed by atoms with Crippen LogP contribution in [0, 0.1) is 12.7 Å². The van der Waals surface area contributed by atoms with Crippen LogP contribution in [0.1, 0.15) is 22.8 Å². The van der Waals surface area contributed by atoms with E-state index in [2.05, 4.69) is 5.48 Å². The van der Waals surface area contributed by atoms with E-state index in [0.717, 1.165) is 5.56 Å². The molecule has 17 heavy (non-hydrogen) atoms. The number of ether oxygens (including phenoxy) is 1. The van der Waals surface area contributed by atoms with Crippen molar-refractivity contribution in [1.82, 2.24) is 5.48 Å². The van der Waals surface area contributed by atoms with Gasteiger partial charge in [0.15, 0.2) is 0 Å². The number of methoxy groups -OCH3 is 1. The zero-order valence-electron chi connectivity index (χ0n) is 10.1. The van der Waals surface area contributed by atoms with Gasteiger partial charge in [0, 0.05) is 7.11 Å². The minimum atomic E-state index is -0.606. The molecule has 0 radical (unpaired) electrons. The number of halogens is 1. The lowest BCUT2D eigenvalue weighted by Crippen LogP contribution is -2.30. The van der Waals surface area contributed by atoms with Crippen LogP contribution >= 0.6 is 0 Å². The van der Waals surface area contributed by atoms with E-state index < -0.39 is 11.7 Å². The fourth-order valence-electron chi connectivity index (χ4n) is 1.28. The normalized spacial score (nSPS) is 12.2. The van der Waals surface area contributed by atoms with Crippen molar-refractivity contribution in [2.45, 2.75) is 20.0 Å². The Kier molecular flexibility index (Phi) is 5.06. The summed E-state index contributed by atoms with van der Waals surface area (Å²) in [5, 5.41) is 0. The molecule has 1 N–H and O–H groups in total. The van der Waals surface area contributed by atoms with Crippen LogP contribution in [0.25, 0.3) is 0 Å². The Morgan fingerprint density at radius 2 is 2.24 bits per heavy atom. The molecule has 0 saturated carbocycles. The average Bonchev–Trinajstić information content (AvgIpc) is 2.26. The zero-order chi connectivity index (χ0) is 12.8. The molecule has 0 aliphatic carbocycles. The van der Waals surface area contributed by atoms with E-state index in [9.17, 15) is 9.18 Å². The van der Waals surface area contributed by atoms with Gasteiger partial charge in [-0.3, -0.25) is 9.63 Å². The summed E-state index contributed by atoms with van der Waals surface area (Å²) >= 11 is 0. The van der Waals surface area contributed by atoms with Crippen molar-refractivity contribution in [3.05, 3.63) is 35.1 Å². The second-order valence-electron chi connectivity index (χ2n) is 3.80. The molecule has 0 saturated heterocycles. The van der Waals surface area contributed by atoms with Crippen molar-refractivity contribution in [2.24, 2.45) is 0 Å². The minimum Gasteiger partial charge on any atom is -0.382 e. The maximum Gasteiger partial charge on any atom is 0.277 e. The highest BCUT2D eigenvalue weighted by atomic mass is 19.1. The lowest BCUT2D eigenvalue weighted by molar-refractivity contribution is -0.0392. The fraction of sp³-hybridized carbons (Fsp3) is 0.417. The van der Waals surface area contributed by atoms with Crippen molar-refractivity contribution >= 4 is 5.91 Å². The molecule has 0 bridgehead atoms. The molecule has 1 aromatic carbocycles. The molecule has 0 aliphatic heterocycles. The monoisotopic (exact) mass is 241 g/mol. The van der Waals surface area contributed by atoms with Gasteiger partial charge in [-0.25, -0.2) is 9.87 Å². The lowest BCUT2D eigenvalue weighted by atomic mass is 10.1. The summed E-state index contributed by atoms with van der Waals surface area (Å²) in [5.41, 5.74) is 2.90. The Morgan fingerprint density at radius 3 is 2.82 bits per heavy atom. The van der Waals surface area contributed by atoms with E-state index in [-0.39, 0.29) is 11.7 Å². The number of benzene rings is 1. The molecule has 0 fully saturated rings. The van der Waals surface area contributed by atoms with E-state index in [1.54, 1.807) is 19.9 Å². The molecule has 1 amide bonds. The van der Waals surface area contributed by atoms with Gasteiger partial charge in [0.05, 0.1) is 12.2 Å². The predicted octanol–water partition coefficient (Wildman–Crippen LogP) is 1.83.